The molecule has 0 radical (unpaired) electrons. The van der Waals surface area contributed by atoms with Crippen LogP contribution in [0.3, 0.4) is 0 Å². The molecule has 6 rings (SSSR count). The predicted molar refractivity (Wildman–Crippen MR) is 124 cm³/mol. The van der Waals surface area contributed by atoms with Crippen molar-refractivity contribution >= 4 is 17.5 Å². The average molecular weight is 446 g/mol. The summed E-state index contributed by atoms with van der Waals surface area (Å²) in [6.45, 7) is 4.44. The Kier molecular flexibility index (Phi) is 4.86. The molecule has 2 aromatic heterocycles. The summed E-state index contributed by atoms with van der Waals surface area (Å²) in [5, 5.41) is 11.0. The van der Waals surface area contributed by atoms with Crippen molar-refractivity contribution in [2.24, 2.45) is 5.92 Å². The van der Waals surface area contributed by atoms with Gasteiger partial charge in [-0.05, 0) is 56.6 Å². The number of rotatable bonds is 4. The summed E-state index contributed by atoms with van der Waals surface area (Å²) < 4.78 is 5.56. The lowest BCUT2D eigenvalue weighted by molar-refractivity contribution is -0.124. The van der Waals surface area contributed by atoms with Crippen LogP contribution in [0.25, 0.3) is 22.6 Å². The number of hydrogen-bond donors (Lipinski definition) is 2. The fourth-order valence-corrected chi connectivity index (χ4v) is 5.24. The molecule has 0 unspecified atom stereocenters. The molecule has 2 fully saturated rings. The Morgan fingerprint density at radius 1 is 1.24 bits per heavy atom. The SMILES string of the molecule is Cc1cc(-c2nnc[nH]2)ccc1-c1cnc2c(n1)N(CC1CCOCC1)C1(CCC1)C(=O)N2. The third-order valence-electron chi connectivity index (χ3n) is 7.34. The van der Waals surface area contributed by atoms with Crippen LogP contribution < -0.4 is 10.2 Å². The number of aromatic nitrogens is 5. The minimum Gasteiger partial charge on any atom is -0.381 e. The lowest BCUT2D eigenvalue weighted by atomic mass is 9.73. The average Bonchev–Trinajstić information content (AvgIpc) is 3.34. The Labute approximate surface area is 192 Å². The lowest BCUT2D eigenvalue weighted by Gasteiger charge is -2.52. The van der Waals surface area contributed by atoms with Crippen LogP contribution in [0.15, 0.2) is 30.7 Å². The zero-order valence-electron chi connectivity index (χ0n) is 18.7. The van der Waals surface area contributed by atoms with Gasteiger partial charge in [-0.3, -0.25) is 4.79 Å². The number of nitrogens with one attached hydrogen (secondary N) is 2. The Morgan fingerprint density at radius 3 is 2.79 bits per heavy atom. The van der Waals surface area contributed by atoms with Gasteiger partial charge in [0.15, 0.2) is 17.5 Å². The third kappa shape index (κ3) is 3.38. The topological polar surface area (TPSA) is 109 Å². The molecule has 3 aromatic rings. The van der Waals surface area contributed by atoms with E-state index in [1.165, 1.54) is 0 Å². The highest BCUT2D eigenvalue weighted by Gasteiger charge is 2.53. The Bertz CT molecular complexity index is 1180. The van der Waals surface area contributed by atoms with Gasteiger partial charge < -0.3 is 19.9 Å². The van der Waals surface area contributed by atoms with Gasteiger partial charge in [0.1, 0.15) is 11.9 Å². The van der Waals surface area contributed by atoms with Crippen molar-refractivity contribution in [1.29, 1.82) is 0 Å². The molecule has 170 valence electrons. The van der Waals surface area contributed by atoms with E-state index in [0.717, 1.165) is 85.9 Å². The number of aromatic amines is 1. The third-order valence-corrected chi connectivity index (χ3v) is 7.34. The van der Waals surface area contributed by atoms with Crippen LogP contribution in [0.1, 0.15) is 37.7 Å². The van der Waals surface area contributed by atoms with Crippen LogP contribution >= 0.6 is 0 Å². The number of benzene rings is 1. The largest absolute Gasteiger partial charge is 0.381 e. The first kappa shape index (κ1) is 20.3. The highest BCUT2D eigenvalue weighted by molar-refractivity contribution is 6.05. The molecule has 1 amide bonds. The molecule has 0 bridgehead atoms. The Hall–Kier alpha value is -3.33. The van der Waals surface area contributed by atoms with E-state index in [9.17, 15) is 4.79 Å². The van der Waals surface area contributed by atoms with Crippen molar-refractivity contribution in [3.05, 3.63) is 36.3 Å². The molecule has 9 heteroatoms. The molecule has 1 spiro atoms. The first-order valence-electron chi connectivity index (χ1n) is 11.7. The van der Waals surface area contributed by atoms with Gasteiger partial charge in [-0.25, -0.2) is 9.97 Å². The van der Waals surface area contributed by atoms with Gasteiger partial charge >= 0.3 is 0 Å². The summed E-state index contributed by atoms with van der Waals surface area (Å²) in [5.74, 6) is 2.63. The molecule has 9 nitrogen and oxygen atoms in total. The monoisotopic (exact) mass is 445 g/mol. The van der Waals surface area contributed by atoms with Gasteiger partial charge in [-0.15, -0.1) is 10.2 Å². The molecule has 2 aliphatic heterocycles. The van der Waals surface area contributed by atoms with Crippen molar-refractivity contribution < 1.29 is 9.53 Å². The summed E-state index contributed by atoms with van der Waals surface area (Å²) in [6, 6.07) is 6.14. The minimum atomic E-state index is -0.496. The molecule has 1 saturated carbocycles. The molecule has 2 N–H and O–H groups in total. The second kappa shape index (κ2) is 7.91. The van der Waals surface area contributed by atoms with Crippen LogP contribution in [-0.4, -0.2) is 56.4 Å². The van der Waals surface area contributed by atoms with Crippen molar-refractivity contribution in [3.63, 3.8) is 0 Å². The lowest BCUT2D eigenvalue weighted by Crippen LogP contribution is -2.65. The maximum Gasteiger partial charge on any atom is 0.251 e. The summed E-state index contributed by atoms with van der Waals surface area (Å²) in [6.07, 6.45) is 8.13. The van der Waals surface area contributed by atoms with Crippen molar-refractivity contribution in [3.8, 4) is 22.6 Å². The van der Waals surface area contributed by atoms with E-state index in [-0.39, 0.29) is 5.91 Å². The number of anilines is 2. The van der Waals surface area contributed by atoms with Crippen LogP contribution in [-0.2, 0) is 9.53 Å². The van der Waals surface area contributed by atoms with E-state index >= 15 is 0 Å². The van der Waals surface area contributed by atoms with E-state index in [1.807, 2.05) is 12.1 Å². The van der Waals surface area contributed by atoms with Gasteiger partial charge in [-0.2, -0.15) is 0 Å². The smallest absolute Gasteiger partial charge is 0.251 e. The number of carbonyl (C=O) groups is 1. The van der Waals surface area contributed by atoms with Gasteiger partial charge in [0.2, 0.25) is 0 Å². The molecule has 0 atom stereocenters. The van der Waals surface area contributed by atoms with Crippen LogP contribution in [0.5, 0.6) is 0 Å². The van der Waals surface area contributed by atoms with Gasteiger partial charge in [0.25, 0.3) is 5.91 Å². The summed E-state index contributed by atoms with van der Waals surface area (Å²) in [4.78, 5) is 28.1. The maximum absolute atomic E-state index is 13.1. The number of nitrogens with zero attached hydrogens (tertiary/aromatic N) is 5. The molecular formula is C24H27N7O2. The highest BCUT2D eigenvalue weighted by atomic mass is 16.5. The first-order chi connectivity index (χ1) is 16.1. The van der Waals surface area contributed by atoms with E-state index in [0.29, 0.717) is 11.7 Å². The van der Waals surface area contributed by atoms with Crippen molar-refractivity contribution in [2.75, 3.05) is 30.0 Å². The molecular weight excluding hydrogens is 418 g/mol. The van der Waals surface area contributed by atoms with E-state index in [4.69, 9.17) is 9.72 Å². The normalized spacial score (nSPS) is 19.8. The molecule has 1 saturated heterocycles. The number of fused-ring (bicyclic) bond motifs is 1. The standard InChI is InChI=1S/C24H27N7O2/c1-15-11-17(20-26-14-27-30-20)3-4-18(15)19-12-25-21-22(28-19)31(13-16-5-9-33-10-6-16)24(7-2-8-24)23(32)29-21/h3-4,11-12,14,16H,2,5-10,13H2,1H3,(H,25,29,32)(H,26,27,30). The number of carbonyl (C=O) groups excluding carboxylic acids is 1. The fraction of sp³-hybridized carbons (Fsp3) is 0.458. The highest BCUT2D eigenvalue weighted by Crippen LogP contribution is 2.47. The zero-order chi connectivity index (χ0) is 22.4. The van der Waals surface area contributed by atoms with Gasteiger partial charge in [-0.1, -0.05) is 12.1 Å². The molecule has 33 heavy (non-hydrogen) atoms. The number of H-pyrrole nitrogens is 1. The molecule has 3 aliphatic rings. The number of amides is 1. The Balaban J connectivity index is 1.38. The molecule has 1 aliphatic carbocycles. The first-order valence-corrected chi connectivity index (χ1v) is 11.7. The van der Waals surface area contributed by atoms with E-state index < -0.39 is 5.54 Å². The quantitative estimate of drug-likeness (QED) is 0.634. The van der Waals surface area contributed by atoms with Crippen molar-refractivity contribution in [2.45, 2.75) is 44.6 Å². The van der Waals surface area contributed by atoms with Crippen LogP contribution in [0.4, 0.5) is 11.6 Å². The van der Waals surface area contributed by atoms with Crippen LogP contribution in [0, 0.1) is 12.8 Å². The summed E-state index contributed by atoms with van der Waals surface area (Å²) in [5.41, 5.74) is 3.37. The van der Waals surface area contributed by atoms with Gasteiger partial charge in [0.05, 0.1) is 11.9 Å². The van der Waals surface area contributed by atoms with E-state index in [1.54, 1.807) is 12.5 Å². The fourth-order valence-electron chi connectivity index (χ4n) is 5.24. The van der Waals surface area contributed by atoms with E-state index in [2.05, 4.69) is 43.4 Å². The molecule has 1 aromatic carbocycles. The number of hydrogen-bond acceptors (Lipinski definition) is 7. The number of ether oxygens (including phenoxy) is 1. The summed E-state index contributed by atoms with van der Waals surface area (Å²) >= 11 is 0. The zero-order valence-corrected chi connectivity index (χ0v) is 18.7. The predicted octanol–water partition coefficient (Wildman–Crippen LogP) is 3.34. The second-order valence-electron chi connectivity index (χ2n) is 9.30. The Morgan fingerprint density at radius 2 is 2.09 bits per heavy atom. The second-order valence-corrected chi connectivity index (χ2v) is 9.30. The summed E-state index contributed by atoms with van der Waals surface area (Å²) in [7, 11) is 0. The molecule has 4 heterocycles. The number of aryl methyl sites for hydroxylation is 1. The van der Waals surface area contributed by atoms with Crippen LogP contribution in [0.2, 0.25) is 0 Å². The van der Waals surface area contributed by atoms with Gasteiger partial charge in [0, 0.05) is 30.9 Å². The minimum absolute atomic E-state index is 0.0583. The maximum atomic E-state index is 13.1. The van der Waals surface area contributed by atoms with Crippen molar-refractivity contribution in [1.82, 2.24) is 25.1 Å².